The number of carboxylic acid groups (broad SMARTS) is 2. The van der Waals surface area contributed by atoms with Crippen molar-refractivity contribution >= 4 is 111 Å². The number of carbonyl (C=O) groups excluding carboxylic acids is 5. The van der Waals surface area contributed by atoms with Gasteiger partial charge in [0, 0.05) is 40.8 Å². The van der Waals surface area contributed by atoms with Crippen LogP contribution < -0.4 is 21.3 Å². The number of aliphatic hydroxyl groups is 1. The van der Waals surface area contributed by atoms with Crippen LogP contribution in [-0.2, 0) is 38.2 Å². The van der Waals surface area contributed by atoms with Crippen LogP contribution in [0.2, 0.25) is 0 Å². The molecule has 7 unspecified atom stereocenters. The number of rotatable bonds is 32. The van der Waals surface area contributed by atoms with E-state index in [0.29, 0.717) is 21.4 Å². The molecule has 0 bridgehead atoms. The number of nitrogens with zero attached hydrogens (tertiary/aromatic N) is 4. The number of carboxylic acids is 2. The molecule has 1 aromatic rings. The number of unbranched alkanes of at least 4 members (excludes halogenated alkanes) is 7. The highest BCUT2D eigenvalue weighted by Crippen LogP contribution is 2.41. The number of carbonyl (C=O) groups is 7. The lowest BCUT2D eigenvalue weighted by Crippen LogP contribution is -2.47. The van der Waals surface area contributed by atoms with Gasteiger partial charge in [0.05, 0.1) is 25.6 Å². The fourth-order valence-electron chi connectivity index (χ4n) is 8.11. The van der Waals surface area contributed by atoms with E-state index in [9.17, 15) is 43.8 Å². The van der Waals surface area contributed by atoms with Crippen LogP contribution in [-0.4, -0.2) is 138 Å². The Hall–Kier alpha value is -5.26. The summed E-state index contributed by atoms with van der Waals surface area (Å²) >= 11 is 8.48. The number of hydrogen-bond donors (Lipinski definition) is 7. The van der Waals surface area contributed by atoms with Crippen LogP contribution in [0.4, 0.5) is 5.69 Å². The van der Waals surface area contributed by atoms with Gasteiger partial charge in [-0.3, -0.25) is 39.1 Å². The molecular formula is C50H74N8O12S3. The van der Waals surface area contributed by atoms with Gasteiger partial charge in [-0.2, -0.15) is 4.99 Å². The molecule has 404 valence electrons. The quantitative estimate of drug-likeness (QED) is 0.0170. The summed E-state index contributed by atoms with van der Waals surface area (Å²) in [6.07, 6.45) is 9.49. The van der Waals surface area contributed by atoms with Gasteiger partial charge in [-0.15, -0.1) is 11.8 Å². The maximum Gasteiger partial charge on any atom is 0.326 e. The highest BCUT2D eigenvalue weighted by molar-refractivity contribution is 8.47. The van der Waals surface area contributed by atoms with Crippen LogP contribution in [0.3, 0.4) is 0 Å². The number of amidine groups is 1. The Morgan fingerprint density at radius 2 is 1.52 bits per heavy atom. The lowest BCUT2D eigenvalue weighted by atomic mass is 9.81. The number of thiocarbonyl (C=S) groups is 1. The smallest absolute Gasteiger partial charge is 0.326 e. The molecule has 0 aromatic heterocycles. The number of fused-ring (bicyclic) bond motifs is 1. The number of aliphatic carboxylic acids is 2. The molecule has 2 aliphatic heterocycles. The lowest BCUT2D eigenvalue weighted by Gasteiger charge is -2.33. The Kier molecular flexibility index (Phi) is 26.2. The molecule has 3 rings (SSSR count). The minimum absolute atomic E-state index is 0.0310. The molecule has 0 aliphatic carbocycles. The first-order chi connectivity index (χ1) is 34.5. The second-order valence-electron chi connectivity index (χ2n) is 19.3. The second-order valence-corrected chi connectivity index (χ2v) is 23.5. The topological polar surface area (TPSA) is 296 Å². The number of aliphatic hydroxyl groups excluding tert-OH is 1. The first-order valence-electron chi connectivity index (χ1n) is 24.7. The average Bonchev–Trinajstić information content (AvgIpc) is 3.31. The summed E-state index contributed by atoms with van der Waals surface area (Å²) in [5, 5.41) is 40.8. The van der Waals surface area contributed by atoms with E-state index in [1.54, 1.807) is 46.8 Å². The number of guanidine groups is 1. The highest BCUT2D eigenvalue weighted by atomic mass is 32.2. The second kappa shape index (κ2) is 30.8. The molecule has 0 saturated heterocycles. The van der Waals surface area contributed by atoms with Crippen molar-refractivity contribution in [3.05, 3.63) is 29.8 Å². The van der Waals surface area contributed by atoms with Crippen LogP contribution in [0.1, 0.15) is 149 Å². The number of hydrogen-bond acceptors (Lipinski definition) is 18. The van der Waals surface area contributed by atoms with Crippen LogP contribution in [0.15, 0.2) is 44.2 Å². The van der Waals surface area contributed by atoms with Crippen molar-refractivity contribution < 1.29 is 58.4 Å². The summed E-state index contributed by atoms with van der Waals surface area (Å²) in [6, 6.07) is 3.40. The molecule has 7 atom stereocenters. The van der Waals surface area contributed by atoms with E-state index in [1.807, 2.05) is 0 Å². The van der Waals surface area contributed by atoms with Crippen LogP contribution in [0, 0.1) is 11.8 Å². The zero-order valence-electron chi connectivity index (χ0n) is 43.1. The van der Waals surface area contributed by atoms with Crippen molar-refractivity contribution in [3.8, 4) is 0 Å². The van der Waals surface area contributed by atoms with E-state index < -0.39 is 82.5 Å². The van der Waals surface area contributed by atoms with Crippen LogP contribution >= 0.6 is 35.7 Å². The predicted octanol–water partition coefficient (Wildman–Crippen LogP) is 6.72. The van der Waals surface area contributed by atoms with Gasteiger partial charge in [0.15, 0.2) is 18.1 Å². The minimum atomic E-state index is -1.53. The van der Waals surface area contributed by atoms with E-state index >= 15 is 0 Å². The van der Waals surface area contributed by atoms with Gasteiger partial charge in [-0.25, -0.2) is 14.8 Å². The lowest BCUT2D eigenvalue weighted by molar-refractivity contribution is -0.146. The van der Waals surface area contributed by atoms with Crippen molar-refractivity contribution in [1.29, 1.82) is 0 Å². The summed E-state index contributed by atoms with van der Waals surface area (Å²) in [6.45, 7) is 13.3. The number of benzene rings is 1. The van der Waals surface area contributed by atoms with Gasteiger partial charge in [-0.1, -0.05) is 89.2 Å². The first-order valence-corrected chi connectivity index (χ1v) is 26.8. The van der Waals surface area contributed by atoms with E-state index in [-0.39, 0.29) is 60.9 Å². The molecule has 2 aliphatic rings. The molecule has 0 fully saturated rings. The molecule has 1 aromatic carbocycles. The summed E-state index contributed by atoms with van der Waals surface area (Å²) in [5.74, 6) is -7.12. The summed E-state index contributed by atoms with van der Waals surface area (Å²) in [7, 11) is 1.26. The molecule has 23 heteroatoms. The van der Waals surface area contributed by atoms with Gasteiger partial charge in [0.25, 0.3) is 12.4 Å². The van der Waals surface area contributed by atoms with Crippen LogP contribution in [0.5, 0.6) is 0 Å². The molecule has 73 heavy (non-hydrogen) atoms. The predicted molar refractivity (Wildman–Crippen MR) is 290 cm³/mol. The molecule has 0 spiro atoms. The van der Waals surface area contributed by atoms with E-state index in [0.717, 1.165) is 31.0 Å². The SMILES string of the molecule is CCCCCCCCCCC(C)SC(=S)SC(C)(CC(CC(CC(C)(C)OC=O)C(=O)NC(C)C)C(=O)NC1=NC(O)C2N=C(CNc3ccc(C(=O)NC(CCC(=O)O)C(=O)O)cc3)C=NC2=N1)C(=O)OC. The Labute approximate surface area is 442 Å². The first kappa shape index (κ1) is 62.0. The number of methoxy groups -OCH3 is 1. The molecule has 3 amide bonds. The number of ether oxygens (including phenoxy) is 2. The van der Waals surface area contributed by atoms with Gasteiger partial charge < -0.3 is 40.7 Å². The van der Waals surface area contributed by atoms with Gasteiger partial charge in [0.1, 0.15) is 19.9 Å². The number of nitrogens with one attached hydrogen (secondary N) is 4. The van der Waals surface area contributed by atoms with Crippen molar-refractivity contribution in [2.24, 2.45) is 31.8 Å². The largest absolute Gasteiger partial charge is 0.481 e. The number of amides is 3. The Bertz CT molecular complexity index is 2210. The summed E-state index contributed by atoms with van der Waals surface area (Å²) in [4.78, 5) is 106. The molecule has 20 nitrogen and oxygen atoms in total. The van der Waals surface area contributed by atoms with Gasteiger partial charge in [0.2, 0.25) is 17.8 Å². The Morgan fingerprint density at radius 1 is 0.877 bits per heavy atom. The molecule has 0 radical (unpaired) electrons. The summed E-state index contributed by atoms with van der Waals surface area (Å²) < 4.78 is 9.74. The van der Waals surface area contributed by atoms with Gasteiger partial charge in [-0.05, 0) is 91.0 Å². The third-order valence-corrected chi connectivity index (χ3v) is 14.8. The third kappa shape index (κ3) is 22.0. The maximum atomic E-state index is 14.6. The number of aliphatic imine (C=N–C) groups is 4. The van der Waals surface area contributed by atoms with Crippen LogP contribution in [0.25, 0.3) is 0 Å². The van der Waals surface area contributed by atoms with Crippen molar-refractivity contribution in [2.75, 3.05) is 19.0 Å². The third-order valence-electron chi connectivity index (χ3n) is 11.9. The zero-order valence-corrected chi connectivity index (χ0v) is 45.6. The maximum absolute atomic E-state index is 14.6. The van der Waals surface area contributed by atoms with E-state index in [4.69, 9.17) is 26.8 Å². The number of anilines is 1. The highest BCUT2D eigenvalue weighted by Gasteiger charge is 2.44. The number of thioether (sulfide) groups is 2. The minimum Gasteiger partial charge on any atom is -0.481 e. The molecule has 0 saturated carbocycles. The van der Waals surface area contributed by atoms with E-state index in [1.165, 1.54) is 75.7 Å². The molecular weight excluding hydrogens is 1000 g/mol. The standard InChI is InChI=1S/C50H74N8O12S3/c1-9-10-11-12-13-14-15-16-17-31(4)72-48(71)73-50(7,46(68)69-8)26-34(24-33(42(63)53-30(2)3)25-49(5,6)70-29-59)43(64)57-47-56-40-39(44(65)58-47)54-36(28-52-40)27-51-35-20-18-32(19-21-35)41(62)55-37(45(66)67)22-23-38(60)61/h18-21,28-31,33-34,37,39,44,51,65H,9-17,22-27H2,1-8H3,(H,53,63)(H,55,62)(H,60,61)(H,66,67)(H,57,58,64). The van der Waals surface area contributed by atoms with Crippen molar-refractivity contribution in [2.45, 2.75) is 178 Å². The molecule has 2 heterocycles. The fraction of sp³-hybridized carbons (Fsp3) is 0.640. The monoisotopic (exact) mass is 1070 g/mol. The van der Waals surface area contributed by atoms with Crippen molar-refractivity contribution in [3.63, 3.8) is 0 Å². The average molecular weight is 1080 g/mol. The van der Waals surface area contributed by atoms with Crippen molar-refractivity contribution in [1.82, 2.24) is 16.0 Å². The van der Waals surface area contributed by atoms with Gasteiger partial charge >= 0.3 is 17.9 Å². The summed E-state index contributed by atoms with van der Waals surface area (Å²) in [5.41, 5.74) is 0.00285. The Morgan fingerprint density at radius 3 is 2.12 bits per heavy atom. The molecule has 7 N–H and O–H groups in total. The van der Waals surface area contributed by atoms with E-state index in [2.05, 4.69) is 55.1 Å². The number of esters is 1. The normalized spacial score (nSPS) is 17.7. The Balaban J connectivity index is 1.80. The fourth-order valence-corrected chi connectivity index (χ4v) is 11.8. The zero-order chi connectivity index (χ0) is 54.3.